The number of benzene rings is 1. The summed E-state index contributed by atoms with van der Waals surface area (Å²) < 4.78 is 27.2. The minimum Gasteiger partial charge on any atom is -0.309 e. The highest BCUT2D eigenvalue weighted by Crippen LogP contribution is 2.36. The Kier molecular flexibility index (Phi) is 5.05. The van der Waals surface area contributed by atoms with Crippen LogP contribution in [0.2, 0.25) is 0 Å². The van der Waals surface area contributed by atoms with Gasteiger partial charge in [0.1, 0.15) is 22.3 Å². The number of rotatable bonds is 4. The third kappa shape index (κ3) is 3.49. The number of aromatic amines is 1. The van der Waals surface area contributed by atoms with E-state index in [1.807, 2.05) is 6.92 Å². The molecule has 0 amide bonds. The molecule has 0 radical (unpaired) electrons. The molecule has 2 heterocycles. The number of hydrogen-bond acceptors (Lipinski definition) is 4. The first-order chi connectivity index (χ1) is 13.3. The van der Waals surface area contributed by atoms with Crippen LogP contribution in [0.5, 0.6) is 0 Å². The second kappa shape index (κ2) is 7.37. The molecule has 2 N–H and O–H groups in total. The Bertz CT molecular complexity index is 1090. The summed E-state index contributed by atoms with van der Waals surface area (Å²) in [4.78, 5) is 22.4. The first kappa shape index (κ1) is 19.2. The van der Waals surface area contributed by atoms with Gasteiger partial charge in [0.2, 0.25) is 0 Å². The maximum absolute atomic E-state index is 14.0. The van der Waals surface area contributed by atoms with Gasteiger partial charge in [0, 0.05) is 22.5 Å². The third-order valence-corrected chi connectivity index (χ3v) is 6.67. The highest BCUT2D eigenvalue weighted by molar-refractivity contribution is 7.18. The second-order valence-corrected chi connectivity index (χ2v) is 8.84. The molecule has 2 aromatic heterocycles. The zero-order chi connectivity index (χ0) is 20.0. The molecule has 4 nitrogen and oxygen atoms in total. The number of halogens is 2. The van der Waals surface area contributed by atoms with Gasteiger partial charge in [-0.15, -0.1) is 11.3 Å². The number of nitrogens with zero attached hydrogens (tertiary/aromatic N) is 1. The topological polar surface area (TPSA) is 57.8 Å². The van der Waals surface area contributed by atoms with Crippen molar-refractivity contribution >= 4 is 21.6 Å². The van der Waals surface area contributed by atoms with Crippen molar-refractivity contribution in [2.75, 3.05) is 0 Å². The normalized spacial score (nSPS) is 18.8. The van der Waals surface area contributed by atoms with E-state index in [0.29, 0.717) is 17.3 Å². The van der Waals surface area contributed by atoms with E-state index in [-0.39, 0.29) is 17.6 Å². The van der Waals surface area contributed by atoms with Gasteiger partial charge in [-0.25, -0.2) is 13.8 Å². The molecule has 1 aromatic carbocycles. The van der Waals surface area contributed by atoms with Crippen LogP contribution in [0.25, 0.3) is 10.2 Å². The number of thiophene rings is 1. The summed E-state index contributed by atoms with van der Waals surface area (Å²) in [5.74, 6) is -0.0391. The van der Waals surface area contributed by atoms with Gasteiger partial charge in [-0.3, -0.25) is 4.79 Å². The lowest BCUT2D eigenvalue weighted by Gasteiger charge is -2.20. The maximum atomic E-state index is 14.0. The van der Waals surface area contributed by atoms with Crippen LogP contribution in [-0.4, -0.2) is 9.97 Å². The Morgan fingerprint density at radius 3 is 2.82 bits per heavy atom. The van der Waals surface area contributed by atoms with Gasteiger partial charge in [0.05, 0.1) is 11.4 Å². The maximum Gasteiger partial charge on any atom is 0.259 e. The van der Waals surface area contributed by atoms with Crippen molar-refractivity contribution < 1.29 is 8.78 Å². The molecule has 3 aromatic rings. The minimum absolute atomic E-state index is 0.110. The monoisotopic (exact) mass is 403 g/mol. The van der Waals surface area contributed by atoms with Crippen molar-refractivity contribution in [3.8, 4) is 0 Å². The van der Waals surface area contributed by atoms with E-state index >= 15 is 0 Å². The Hall–Kier alpha value is -2.12. The van der Waals surface area contributed by atoms with Crippen LogP contribution in [0.1, 0.15) is 61.1 Å². The SMILES string of the molecule is C[C@@H]1CCc2c(sc3nc([C@@H](C)N[C@@H](C)c4ccc(F)cc4F)[nH]c(=O)c23)C1. The van der Waals surface area contributed by atoms with Crippen molar-refractivity contribution in [2.45, 2.75) is 52.1 Å². The zero-order valence-electron chi connectivity index (χ0n) is 16.1. The first-order valence-corrected chi connectivity index (χ1v) is 10.4. The Morgan fingerprint density at radius 1 is 1.29 bits per heavy atom. The highest BCUT2D eigenvalue weighted by Gasteiger charge is 2.24. The average molecular weight is 403 g/mol. The lowest BCUT2D eigenvalue weighted by atomic mass is 9.89. The zero-order valence-corrected chi connectivity index (χ0v) is 16.9. The molecule has 0 bridgehead atoms. The summed E-state index contributed by atoms with van der Waals surface area (Å²) >= 11 is 1.61. The Morgan fingerprint density at radius 2 is 2.07 bits per heavy atom. The predicted molar refractivity (Wildman–Crippen MR) is 108 cm³/mol. The summed E-state index contributed by atoms with van der Waals surface area (Å²) in [6, 6.07) is 2.89. The fourth-order valence-electron chi connectivity index (χ4n) is 3.97. The van der Waals surface area contributed by atoms with Gasteiger partial charge < -0.3 is 10.3 Å². The summed E-state index contributed by atoms with van der Waals surface area (Å²) in [5.41, 5.74) is 1.42. The number of aryl methyl sites for hydroxylation is 1. The minimum atomic E-state index is -0.603. The second-order valence-electron chi connectivity index (χ2n) is 7.76. The molecule has 4 rings (SSSR count). The van der Waals surface area contributed by atoms with E-state index < -0.39 is 11.6 Å². The lowest BCUT2D eigenvalue weighted by Crippen LogP contribution is -2.26. The van der Waals surface area contributed by atoms with Gasteiger partial charge in [0.25, 0.3) is 5.56 Å². The van der Waals surface area contributed by atoms with Crippen LogP contribution in [-0.2, 0) is 12.8 Å². The lowest BCUT2D eigenvalue weighted by molar-refractivity contribution is 0.457. The van der Waals surface area contributed by atoms with Crippen LogP contribution in [0.4, 0.5) is 8.78 Å². The molecule has 1 aliphatic rings. The molecule has 0 saturated carbocycles. The van der Waals surface area contributed by atoms with Crippen molar-refractivity contribution in [2.24, 2.45) is 5.92 Å². The van der Waals surface area contributed by atoms with Crippen molar-refractivity contribution in [3.05, 3.63) is 62.0 Å². The van der Waals surface area contributed by atoms with Crippen LogP contribution in [0, 0.1) is 17.6 Å². The molecule has 1 aliphatic carbocycles. The average Bonchev–Trinajstić information content (AvgIpc) is 2.99. The molecule has 0 fully saturated rings. The fraction of sp³-hybridized carbons (Fsp3) is 0.429. The van der Waals surface area contributed by atoms with Gasteiger partial charge in [0.15, 0.2) is 0 Å². The first-order valence-electron chi connectivity index (χ1n) is 9.59. The quantitative estimate of drug-likeness (QED) is 0.658. The summed E-state index contributed by atoms with van der Waals surface area (Å²) in [7, 11) is 0. The van der Waals surface area contributed by atoms with Gasteiger partial charge in [-0.05, 0) is 50.7 Å². The van der Waals surface area contributed by atoms with Gasteiger partial charge >= 0.3 is 0 Å². The molecular formula is C21H23F2N3OS. The standard InChI is InChI=1S/C21H23F2N3OS/c1-10-4-6-15-17(8-10)28-21-18(15)20(27)25-19(26-21)12(3)24-11(2)14-7-5-13(22)9-16(14)23/h5,7,9-12,24H,4,6,8H2,1-3H3,(H,25,26,27)/t10-,11+,12-/m1/s1. The van der Waals surface area contributed by atoms with E-state index in [9.17, 15) is 13.6 Å². The van der Waals surface area contributed by atoms with Crippen LogP contribution < -0.4 is 10.9 Å². The number of aromatic nitrogens is 2. The molecule has 0 saturated heterocycles. The van der Waals surface area contributed by atoms with Crippen molar-refractivity contribution in [1.82, 2.24) is 15.3 Å². The molecule has 3 atom stereocenters. The smallest absolute Gasteiger partial charge is 0.259 e. The predicted octanol–water partition coefficient (Wildman–Crippen LogP) is 4.80. The van der Waals surface area contributed by atoms with E-state index in [1.54, 1.807) is 18.3 Å². The number of fused-ring (bicyclic) bond motifs is 3. The number of hydrogen-bond donors (Lipinski definition) is 2. The molecule has 0 spiro atoms. The Labute approximate surface area is 166 Å². The van der Waals surface area contributed by atoms with Crippen molar-refractivity contribution in [3.63, 3.8) is 0 Å². The number of H-pyrrole nitrogens is 1. The number of nitrogens with one attached hydrogen (secondary N) is 2. The van der Waals surface area contributed by atoms with Crippen molar-refractivity contribution in [1.29, 1.82) is 0 Å². The molecule has 0 unspecified atom stereocenters. The van der Waals surface area contributed by atoms with Gasteiger partial charge in [-0.2, -0.15) is 0 Å². The molecule has 28 heavy (non-hydrogen) atoms. The van der Waals surface area contributed by atoms with Crippen LogP contribution >= 0.6 is 11.3 Å². The fourth-order valence-corrected chi connectivity index (χ4v) is 5.36. The van der Waals surface area contributed by atoms with Crippen LogP contribution in [0.3, 0.4) is 0 Å². The molecular weight excluding hydrogens is 380 g/mol. The Balaban J connectivity index is 1.62. The molecule has 7 heteroatoms. The van der Waals surface area contributed by atoms with Gasteiger partial charge in [-0.1, -0.05) is 13.0 Å². The van der Waals surface area contributed by atoms with E-state index in [4.69, 9.17) is 4.98 Å². The molecule has 148 valence electrons. The summed E-state index contributed by atoms with van der Waals surface area (Å²) in [6.07, 6.45) is 3.02. The van der Waals surface area contributed by atoms with E-state index in [0.717, 1.165) is 41.1 Å². The highest BCUT2D eigenvalue weighted by atomic mass is 32.1. The third-order valence-electron chi connectivity index (χ3n) is 5.52. The van der Waals surface area contributed by atoms with E-state index in [1.165, 1.54) is 17.0 Å². The summed E-state index contributed by atoms with van der Waals surface area (Å²) in [5, 5.41) is 3.97. The summed E-state index contributed by atoms with van der Waals surface area (Å²) in [6.45, 7) is 5.91. The largest absolute Gasteiger partial charge is 0.309 e. The van der Waals surface area contributed by atoms with E-state index in [2.05, 4.69) is 17.2 Å². The van der Waals surface area contributed by atoms with Crippen LogP contribution in [0.15, 0.2) is 23.0 Å². The molecule has 0 aliphatic heterocycles.